The van der Waals surface area contributed by atoms with Crippen molar-refractivity contribution in [3.63, 3.8) is 0 Å². The largest absolute Gasteiger partial charge is 0.390 e. The number of hydrogen-bond acceptors (Lipinski definition) is 7. The summed E-state index contributed by atoms with van der Waals surface area (Å²) in [4.78, 5) is 29.2. The summed E-state index contributed by atoms with van der Waals surface area (Å²) in [6.07, 6.45) is 2.69. The number of rotatable bonds is 18. The van der Waals surface area contributed by atoms with Gasteiger partial charge in [0, 0.05) is 31.1 Å². The molecule has 47 heavy (non-hydrogen) atoms. The Bertz CT molecular complexity index is 1390. The average molecular weight is 679 g/mol. The molecule has 2 amide bonds. The van der Waals surface area contributed by atoms with Crippen LogP contribution < -0.4 is 16.4 Å². The summed E-state index contributed by atoms with van der Waals surface area (Å²) in [6.45, 7) is 6.84. The number of nitrogens with zero attached hydrogens (tertiary/aromatic N) is 1. The van der Waals surface area contributed by atoms with Gasteiger partial charge in [0.1, 0.15) is 17.7 Å². The van der Waals surface area contributed by atoms with Crippen LogP contribution in [0.3, 0.4) is 0 Å². The number of aliphatic hydroxyl groups excluding tert-OH is 1. The van der Waals surface area contributed by atoms with Gasteiger partial charge in [0.2, 0.25) is 11.8 Å². The van der Waals surface area contributed by atoms with Gasteiger partial charge in [-0.25, -0.2) is 17.2 Å². The van der Waals surface area contributed by atoms with Crippen LogP contribution >= 0.6 is 0 Å². The number of nitrogens with two attached hydrogens (primary N) is 1. The summed E-state index contributed by atoms with van der Waals surface area (Å²) in [6, 6.07) is 8.21. The highest BCUT2D eigenvalue weighted by Gasteiger charge is 2.36. The van der Waals surface area contributed by atoms with Gasteiger partial charge >= 0.3 is 0 Å². The van der Waals surface area contributed by atoms with E-state index >= 15 is 0 Å². The third-order valence-electron chi connectivity index (χ3n) is 8.83. The van der Waals surface area contributed by atoms with Crippen molar-refractivity contribution in [1.29, 1.82) is 0 Å². The third-order valence-corrected chi connectivity index (χ3v) is 11.1. The zero-order valence-corrected chi connectivity index (χ0v) is 28.7. The van der Waals surface area contributed by atoms with Crippen LogP contribution in [0, 0.1) is 17.6 Å². The number of aliphatic hydroxyl groups is 1. The maximum atomic E-state index is 14.4. The molecule has 0 radical (unpaired) electrons. The summed E-state index contributed by atoms with van der Waals surface area (Å²) in [5.41, 5.74) is 8.33. The van der Waals surface area contributed by atoms with Crippen LogP contribution in [0.25, 0.3) is 0 Å². The van der Waals surface area contributed by atoms with E-state index < -0.39 is 56.6 Å². The highest BCUT2D eigenvalue weighted by atomic mass is 32.2. The first-order chi connectivity index (χ1) is 22.4. The predicted octanol–water partition coefficient (Wildman–Crippen LogP) is 3.65. The molecule has 5 N–H and O–H groups in total. The highest BCUT2D eigenvalue weighted by molar-refractivity contribution is 7.92. The Hall–Kier alpha value is -2.93. The van der Waals surface area contributed by atoms with E-state index in [4.69, 9.17) is 5.73 Å². The number of aryl methyl sites for hydroxylation is 1. The van der Waals surface area contributed by atoms with Crippen LogP contribution in [0.1, 0.15) is 76.0 Å². The molecule has 0 saturated carbocycles. The van der Waals surface area contributed by atoms with Gasteiger partial charge in [-0.05, 0) is 80.4 Å². The zero-order chi connectivity index (χ0) is 34.6. The molecule has 262 valence electrons. The van der Waals surface area contributed by atoms with Crippen LogP contribution in [0.2, 0.25) is 0 Å². The Kier molecular flexibility index (Phi) is 15.2. The Morgan fingerprint density at radius 3 is 2.21 bits per heavy atom. The van der Waals surface area contributed by atoms with Crippen molar-refractivity contribution in [2.24, 2.45) is 11.7 Å². The van der Waals surface area contributed by atoms with Crippen molar-refractivity contribution in [1.82, 2.24) is 15.5 Å². The second-order valence-corrected chi connectivity index (χ2v) is 15.0. The summed E-state index contributed by atoms with van der Waals surface area (Å²) in [7, 11) is -3.81. The van der Waals surface area contributed by atoms with Gasteiger partial charge in [-0.3, -0.25) is 9.59 Å². The van der Waals surface area contributed by atoms with Crippen LogP contribution in [0.5, 0.6) is 0 Å². The molecular weight excluding hydrogens is 626 g/mol. The van der Waals surface area contributed by atoms with Gasteiger partial charge in [-0.2, -0.15) is 0 Å². The minimum absolute atomic E-state index is 0.0260. The van der Waals surface area contributed by atoms with E-state index in [-0.39, 0.29) is 36.9 Å². The van der Waals surface area contributed by atoms with E-state index in [1.165, 1.54) is 4.90 Å². The maximum absolute atomic E-state index is 14.4. The van der Waals surface area contributed by atoms with Gasteiger partial charge in [0.25, 0.3) is 0 Å². The molecule has 1 aliphatic rings. The quantitative estimate of drug-likeness (QED) is 0.189. The Balaban J connectivity index is 1.95. The summed E-state index contributed by atoms with van der Waals surface area (Å²) >= 11 is 0. The van der Waals surface area contributed by atoms with E-state index in [1.54, 1.807) is 0 Å². The van der Waals surface area contributed by atoms with Crippen LogP contribution in [-0.4, -0.2) is 79.1 Å². The first-order valence-electron chi connectivity index (χ1n) is 16.8. The summed E-state index contributed by atoms with van der Waals surface area (Å²) < 4.78 is 55.2. The van der Waals surface area contributed by atoms with E-state index in [0.717, 1.165) is 35.7 Å². The second-order valence-electron chi connectivity index (χ2n) is 12.7. The fourth-order valence-corrected chi connectivity index (χ4v) is 8.34. The molecule has 2 aromatic rings. The fraction of sp³-hybridized carbons (Fsp3) is 0.600. The maximum Gasteiger partial charge on any atom is 0.246 e. The lowest BCUT2D eigenvalue weighted by atomic mass is 9.97. The molecule has 0 aliphatic carbocycles. The minimum Gasteiger partial charge on any atom is -0.390 e. The number of sulfone groups is 1. The molecule has 3 atom stereocenters. The summed E-state index contributed by atoms with van der Waals surface area (Å²) in [5, 5.41) is 16.6. The molecule has 12 heteroatoms. The smallest absolute Gasteiger partial charge is 0.246 e. The molecule has 1 aliphatic heterocycles. The zero-order valence-electron chi connectivity index (χ0n) is 27.9. The van der Waals surface area contributed by atoms with Crippen molar-refractivity contribution in [2.75, 3.05) is 25.4 Å². The van der Waals surface area contributed by atoms with Crippen molar-refractivity contribution in [3.8, 4) is 0 Å². The molecule has 0 spiro atoms. The van der Waals surface area contributed by atoms with Gasteiger partial charge in [-0.15, -0.1) is 0 Å². The van der Waals surface area contributed by atoms with E-state index in [2.05, 4.69) is 10.6 Å². The first kappa shape index (κ1) is 38.5. The van der Waals surface area contributed by atoms with Crippen molar-refractivity contribution < 1.29 is 31.9 Å². The van der Waals surface area contributed by atoms with Crippen molar-refractivity contribution in [2.45, 2.75) is 102 Å². The average Bonchev–Trinajstić information content (AvgIpc) is 3.03. The lowest BCUT2D eigenvalue weighted by molar-refractivity contribution is -0.138. The van der Waals surface area contributed by atoms with Crippen LogP contribution in [0.4, 0.5) is 8.78 Å². The van der Waals surface area contributed by atoms with Crippen LogP contribution in [0.15, 0.2) is 42.5 Å². The molecule has 9 nitrogen and oxygen atoms in total. The highest BCUT2D eigenvalue weighted by Crippen LogP contribution is 2.20. The van der Waals surface area contributed by atoms with E-state index in [0.29, 0.717) is 51.6 Å². The second kappa shape index (κ2) is 18.6. The van der Waals surface area contributed by atoms with Crippen molar-refractivity contribution in [3.05, 3.63) is 70.8 Å². The number of carbonyl (C=O) groups excluding carboxylic acids is 2. The molecule has 1 saturated heterocycles. The molecule has 2 aromatic carbocycles. The molecule has 3 rings (SSSR count). The lowest BCUT2D eigenvalue weighted by Gasteiger charge is -2.33. The van der Waals surface area contributed by atoms with Gasteiger partial charge in [-0.1, -0.05) is 57.9 Å². The number of carbonyl (C=O) groups is 2. The van der Waals surface area contributed by atoms with E-state index in [1.807, 2.05) is 45.0 Å². The van der Waals surface area contributed by atoms with E-state index in [9.17, 15) is 31.9 Å². The molecular formula is C35H52F2N4O5S. The molecule has 0 bridgehead atoms. The molecule has 1 heterocycles. The Morgan fingerprint density at radius 2 is 1.62 bits per heavy atom. The van der Waals surface area contributed by atoms with Crippen molar-refractivity contribution >= 4 is 21.7 Å². The normalized spacial score (nSPS) is 16.1. The Morgan fingerprint density at radius 1 is 1.00 bits per heavy atom. The molecule has 1 unspecified atom stereocenters. The number of amides is 2. The monoisotopic (exact) mass is 678 g/mol. The summed E-state index contributed by atoms with van der Waals surface area (Å²) in [5.74, 6) is -3.49. The first-order valence-corrected chi connectivity index (χ1v) is 18.6. The topological polar surface area (TPSA) is 142 Å². The van der Waals surface area contributed by atoms with Gasteiger partial charge in [0.15, 0.2) is 9.84 Å². The number of nitrogens with one attached hydrogen (secondary N) is 2. The van der Waals surface area contributed by atoms with Crippen LogP contribution in [-0.2, 0) is 38.8 Å². The number of piperidine rings is 1. The number of hydrogen-bond donors (Lipinski definition) is 4. The minimum atomic E-state index is -3.81. The number of halogens is 2. The fourth-order valence-electron chi connectivity index (χ4n) is 6.18. The predicted molar refractivity (Wildman–Crippen MR) is 180 cm³/mol. The standard InChI is InChI=1S/C35H52F2N4O5S/c1-4-8-30(9-5-2)47(45,46)23-32(40-34(43)27-12-14-39-15-13-27)35(44)41(21-25-11-7-10-24(6-3)16-25)22-33(42)31(38)19-26-17-28(36)20-29(37)18-26/h7,10-11,16-18,20,27,30-33,39,42H,4-6,8-9,12-15,19,21-23,38H2,1-3H3,(H,40,43)/t31-,32?,33+/m0/s1. The Labute approximate surface area is 278 Å². The van der Waals surface area contributed by atoms with Gasteiger partial charge < -0.3 is 26.4 Å². The lowest BCUT2D eigenvalue weighted by Crippen LogP contribution is -2.56. The molecule has 1 fully saturated rings. The SMILES string of the molecule is CCCC(CCC)S(=O)(=O)CC(NC(=O)C1CCNCC1)C(=O)N(Cc1cccc(CC)c1)C[C@@H](O)[C@@H](N)Cc1cc(F)cc(F)c1. The third kappa shape index (κ3) is 11.9. The van der Waals surface area contributed by atoms with Gasteiger partial charge in [0.05, 0.1) is 17.1 Å². The molecule has 0 aromatic heterocycles. The number of benzene rings is 2.